The Kier molecular flexibility index (Phi) is 3.18. The van der Waals surface area contributed by atoms with Gasteiger partial charge in [-0.05, 0) is 35.7 Å². The van der Waals surface area contributed by atoms with Gasteiger partial charge in [-0.2, -0.15) is 0 Å². The van der Waals surface area contributed by atoms with E-state index >= 15 is 0 Å². The summed E-state index contributed by atoms with van der Waals surface area (Å²) in [5.41, 5.74) is 1.17. The fraction of sp³-hybridized carbons (Fsp3) is 0.400. The second kappa shape index (κ2) is 4.82. The van der Waals surface area contributed by atoms with E-state index in [9.17, 15) is 4.79 Å². The van der Waals surface area contributed by atoms with E-state index in [2.05, 4.69) is 17.5 Å². The Hall–Kier alpha value is -1.19. The van der Waals surface area contributed by atoms with Gasteiger partial charge >= 0.3 is 0 Å². The van der Waals surface area contributed by atoms with Crippen LogP contribution in [-0.2, 0) is 16.0 Å². The van der Waals surface area contributed by atoms with Crippen molar-refractivity contribution in [1.82, 2.24) is 0 Å². The summed E-state index contributed by atoms with van der Waals surface area (Å²) in [6.07, 6.45) is 1.51. The highest BCUT2D eigenvalue weighted by Gasteiger charge is 2.30. The molecule has 3 rings (SSSR count). The van der Waals surface area contributed by atoms with E-state index in [0.717, 1.165) is 13.0 Å². The molecule has 0 aliphatic carbocycles. The highest BCUT2D eigenvalue weighted by Crippen LogP contribution is 2.28. The Morgan fingerprint density at radius 2 is 2.28 bits per heavy atom. The van der Waals surface area contributed by atoms with Crippen LogP contribution in [0, 0.1) is 5.92 Å². The minimum atomic E-state index is 0.0856. The van der Waals surface area contributed by atoms with Crippen LogP contribution < -0.4 is 0 Å². The molecule has 0 bridgehead atoms. The summed E-state index contributed by atoms with van der Waals surface area (Å²) in [5, 5.41) is 3.34. The number of carbonyl (C=O) groups is 1. The van der Waals surface area contributed by atoms with Crippen LogP contribution in [0.25, 0.3) is 10.1 Å². The molecule has 1 aliphatic heterocycles. The van der Waals surface area contributed by atoms with Gasteiger partial charge < -0.3 is 4.74 Å². The number of carbonyl (C=O) groups excluding carboxylic acids is 1. The first-order valence-corrected chi connectivity index (χ1v) is 7.23. The van der Waals surface area contributed by atoms with Gasteiger partial charge in [0.25, 0.3) is 0 Å². The van der Waals surface area contributed by atoms with Crippen LogP contribution in [-0.4, -0.2) is 18.5 Å². The van der Waals surface area contributed by atoms with E-state index < -0.39 is 0 Å². The van der Waals surface area contributed by atoms with Gasteiger partial charge in [0.05, 0.1) is 6.10 Å². The summed E-state index contributed by atoms with van der Waals surface area (Å²) in [6, 6.07) is 8.28. The molecule has 0 amide bonds. The molecule has 0 N–H and O–H groups in total. The SMILES string of the molecule is CC1OCCC1C(=O)Cc1csc2ccccc12. The number of Topliss-reactive ketones (excluding diaryl/α,β-unsaturated/α-hetero) is 1. The molecule has 94 valence electrons. The molecule has 0 spiro atoms. The van der Waals surface area contributed by atoms with Crippen molar-refractivity contribution in [2.75, 3.05) is 6.61 Å². The number of ketones is 1. The zero-order valence-corrected chi connectivity index (χ0v) is 11.2. The standard InChI is InChI=1S/C15H16O2S/c1-10-12(6-7-17-10)14(16)8-11-9-18-15-5-3-2-4-13(11)15/h2-5,9-10,12H,6-8H2,1H3. The zero-order chi connectivity index (χ0) is 12.5. The van der Waals surface area contributed by atoms with Crippen molar-refractivity contribution in [3.05, 3.63) is 35.2 Å². The van der Waals surface area contributed by atoms with Crippen LogP contribution in [0.5, 0.6) is 0 Å². The van der Waals surface area contributed by atoms with Crippen molar-refractivity contribution >= 4 is 27.2 Å². The zero-order valence-electron chi connectivity index (χ0n) is 10.4. The smallest absolute Gasteiger partial charge is 0.143 e. The molecule has 3 heteroatoms. The van der Waals surface area contributed by atoms with Crippen LogP contribution in [0.3, 0.4) is 0 Å². The topological polar surface area (TPSA) is 26.3 Å². The number of hydrogen-bond donors (Lipinski definition) is 0. The molecule has 2 heterocycles. The number of rotatable bonds is 3. The molecule has 1 fully saturated rings. The fourth-order valence-corrected chi connectivity index (χ4v) is 3.61. The van der Waals surface area contributed by atoms with Gasteiger partial charge in [-0.15, -0.1) is 11.3 Å². The highest BCUT2D eigenvalue weighted by atomic mass is 32.1. The van der Waals surface area contributed by atoms with Gasteiger partial charge in [0.1, 0.15) is 5.78 Å². The lowest BCUT2D eigenvalue weighted by Gasteiger charge is -2.12. The molecule has 18 heavy (non-hydrogen) atoms. The summed E-state index contributed by atoms with van der Waals surface area (Å²) in [5.74, 6) is 0.409. The lowest BCUT2D eigenvalue weighted by atomic mass is 9.93. The first-order chi connectivity index (χ1) is 8.75. The maximum absolute atomic E-state index is 12.3. The molecular formula is C15H16O2S. The van der Waals surface area contributed by atoms with E-state index in [1.165, 1.54) is 15.6 Å². The third-order valence-corrected chi connectivity index (χ3v) is 4.73. The van der Waals surface area contributed by atoms with Gasteiger partial charge in [-0.25, -0.2) is 0 Å². The molecule has 0 saturated carbocycles. The Morgan fingerprint density at radius 3 is 3.06 bits per heavy atom. The summed E-state index contributed by atoms with van der Waals surface area (Å²) in [7, 11) is 0. The van der Waals surface area contributed by atoms with Crippen LogP contribution >= 0.6 is 11.3 Å². The molecule has 0 radical (unpaired) electrons. The minimum Gasteiger partial charge on any atom is -0.378 e. The molecule has 1 aromatic heterocycles. The average Bonchev–Trinajstić information content (AvgIpc) is 2.97. The van der Waals surface area contributed by atoms with Crippen molar-refractivity contribution in [1.29, 1.82) is 0 Å². The summed E-state index contributed by atoms with van der Waals surface area (Å²) < 4.78 is 6.74. The van der Waals surface area contributed by atoms with Crippen LogP contribution in [0.15, 0.2) is 29.6 Å². The van der Waals surface area contributed by atoms with Crippen molar-refractivity contribution in [2.24, 2.45) is 5.92 Å². The Balaban J connectivity index is 1.82. The lowest BCUT2D eigenvalue weighted by Crippen LogP contribution is -2.23. The summed E-state index contributed by atoms with van der Waals surface area (Å²) in [6.45, 7) is 2.73. The second-order valence-electron chi connectivity index (χ2n) is 4.87. The van der Waals surface area contributed by atoms with Crippen molar-refractivity contribution < 1.29 is 9.53 Å². The third kappa shape index (κ3) is 2.08. The lowest BCUT2D eigenvalue weighted by molar-refractivity contribution is -0.123. The van der Waals surface area contributed by atoms with Gasteiger partial charge in [-0.1, -0.05) is 18.2 Å². The molecular weight excluding hydrogens is 244 g/mol. The molecule has 1 aromatic carbocycles. The van der Waals surface area contributed by atoms with Gasteiger partial charge in [0, 0.05) is 23.6 Å². The normalized spacial score (nSPS) is 23.6. The molecule has 2 unspecified atom stereocenters. The molecule has 2 aromatic rings. The van der Waals surface area contributed by atoms with Crippen LogP contribution in [0.4, 0.5) is 0 Å². The number of fused-ring (bicyclic) bond motifs is 1. The minimum absolute atomic E-state index is 0.0856. The third-order valence-electron chi connectivity index (χ3n) is 3.72. The van der Waals surface area contributed by atoms with Gasteiger partial charge in [0.2, 0.25) is 0 Å². The monoisotopic (exact) mass is 260 g/mol. The highest BCUT2D eigenvalue weighted by molar-refractivity contribution is 7.17. The predicted octanol–water partition coefficient (Wildman–Crippen LogP) is 3.44. The Morgan fingerprint density at radius 1 is 1.44 bits per heavy atom. The van der Waals surface area contributed by atoms with E-state index in [1.54, 1.807) is 11.3 Å². The van der Waals surface area contributed by atoms with Crippen LogP contribution in [0.2, 0.25) is 0 Å². The molecule has 1 aliphatic rings. The van der Waals surface area contributed by atoms with E-state index in [0.29, 0.717) is 12.2 Å². The van der Waals surface area contributed by atoms with E-state index in [1.807, 2.05) is 19.1 Å². The number of ether oxygens (including phenoxy) is 1. The number of benzene rings is 1. The second-order valence-corrected chi connectivity index (χ2v) is 5.78. The van der Waals surface area contributed by atoms with Gasteiger partial charge in [-0.3, -0.25) is 4.79 Å². The maximum Gasteiger partial charge on any atom is 0.143 e. The van der Waals surface area contributed by atoms with Crippen molar-refractivity contribution in [2.45, 2.75) is 25.9 Å². The molecule has 1 saturated heterocycles. The molecule has 2 nitrogen and oxygen atoms in total. The first-order valence-electron chi connectivity index (χ1n) is 6.35. The Bertz CT molecular complexity index is 573. The Labute approximate surface area is 111 Å². The maximum atomic E-state index is 12.3. The van der Waals surface area contributed by atoms with Gasteiger partial charge in [0.15, 0.2) is 0 Å². The number of thiophene rings is 1. The average molecular weight is 260 g/mol. The summed E-state index contributed by atoms with van der Waals surface area (Å²) in [4.78, 5) is 12.3. The van der Waals surface area contributed by atoms with Crippen LogP contribution in [0.1, 0.15) is 18.9 Å². The summed E-state index contributed by atoms with van der Waals surface area (Å²) >= 11 is 1.72. The van der Waals surface area contributed by atoms with Crippen molar-refractivity contribution in [3.8, 4) is 0 Å². The first kappa shape index (κ1) is 11.9. The predicted molar refractivity (Wildman–Crippen MR) is 74.1 cm³/mol. The van der Waals surface area contributed by atoms with E-state index in [4.69, 9.17) is 4.74 Å². The quantitative estimate of drug-likeness (QED) is 0.845. The van der Waals surface area contributed by atoms with Crippen molar-refractivity contribution in [3.63, 3.8) is 0 Å². The largest absolute Gasteiger partial charge is 0.378 e. The molecule has 2 atom stereocenters. The number of hydrogen-bond acceptors (Lipinski definition) is 3. The fourth-order valence-electron chi connectivity index (χ4n) is 2.64. The van der Waals surface area contributed by atoms with E-state index in [-0.39, 0.29) is 12.0 Å².